The van der Waals surface area contributed by atoms with E-state index in [9.17, 15) is 4.79 Å². The second-order valence-electron chi connectivity index (χ2n) is 6.25. The third kappa shape index (κ3) is 3.87. The highest BCUT2D eigenvalue weighted by atomic mass is 16.5. The summed E-state index contributed by atoms with van der Waals surface area (Å²) in [5.74, 6) is 1.38. The van der Waals surface area contributed by atoms with Gasteiger partial charge in [-0.1, -0.05) is 12.1 Å². The average Bonchev–Trinajstić information content (AvgIpc) is 3.00. The maximum Gasteiger partial charge on any atom is 0.224 e. The molecule has 0 saturated heterocycles. The third-order valence-electron chi connectivity index (χ3n) is 4.59. The van der Waals surface area contributed by atoms with Gasteiger partial charge < -0.3 is 19.7 Å². The van der Waals surface area contributed by atoms with Crippen LogP contribution in [0.15, 0.2) is 36.4 Å². The zero-order valence-corrected chi connectivity index (χ0v) is 15.0. The molecule has 3 rings (SSSR count). The lowest BCUT2D eigenvalue weighted by molar-refractivity contribution is -0.116. The standard InChI is InChI=1S/C20H24N2O3/c1-22-11-10-15-6-7-16(13-17(15)22)21-20(23)9-5-14-4-8-18(24-2)19(12-14)25-3/h4,6-8,12-13H,5,9-11H2,1-3H3,(H,21,23). The van der Waals surface area contributed by atoms with Gasteiger partial charge in [-0.15, -0.1) is 0 Å². The summed E-state index contributed by atoms with van der Waals surface area (Å²) in [5, 5.41) is 2.99. The second-order valence-corrected chi connectivity index (χ2v) is 6.25. The SMILES string of the molecule is COc1ccc(CCC(=O)Nc2ccc3c(c2)N(C)CC3)cc1OC. The Morgan fingerprint density at radius 3 is 2.68 bits per heavy atom. The molecule has 5 heteroatoms. The van der Waals surface area contributed by atoms with E-state index in [-0.39, 0.29) is 5.91 Å². The molecular weight excluding hydrogens is 316 g/mol. The zero-order chi connectivity index (χ0) is 17.8. The molecular formula is C20H24N2O3. The van der Waals surface area contributed by atoms with Crippen molar-refractivity contribution in [1.82, 2.24) is 0 Å². The Morgan fingerprint density at radius 1 is 1.12 bits per heavy atom. The molecule has 1 heterocycles. The summed E-state index contributed by atoms with van der Waals surface area (Å²) in [6.45, 7) is 1.03. The van der Waals surface area contributed by atoms with Crippen molar-refractivity contribution in [2.24, 2.45) is 0 Å². The number of likely N-dealkylation sites (N-methyl/N-ethyl adjacent to an activating group) is 1. The van der Waals surface area contributed by atoms with Gasteiger partial charge in [0.05, 0.1) is 14.2 Å². The van der Waals surface area contributed by atoms with Crippen molar-refractivity contribution in [2.75, 3.05) is 38.0 Å². The van der Waals surface area contributed by atoms with Crippen LogP contribution in [0, 0.1) is 0 Å². The van der Waals surface area contributed by atoms with Crippen LogP contribution < -0.4 is 19.7 Å². The number of nitrogens with one attached hydrogen (secondary N) is 1. The van der Waals surface area contributed by atoms with Crippen molar-refractivity contribution in [3.8, 4) is 11.5 Å². The third-order valence-corrected chi connectivity index (χ3v) is 4.59. The maximum atomic E-state index is 12.3. The molecule has 2 aromatic rings. The normalized spacial score (nSPS) is 12.7. The van der Waals surface area contributed by atoms with Crippen LogP contribution in [-0.4, -0.2) is 33.7 Å². The van der Waals surface area contributed by atoms with E-state index in [1.165, 1.54) is 11.3 Å². The van der Waals surface area contributed by atoms with Crippen LogP contribution in [-0.2, 0) is 17.6 Å². The highest BCUT2D eigenvalue weighted by Crippen LogP contribution is 2.30. The summed E-state index contributed by atoms with van der Waals surface area (Å²) in [6.07, 6.45) is 2.14. The fraction of sp³-hybridized carbons (Fsp3) is 0.350. The Kier molecular flexibility index (Phi) is 5.12. The molecule has 0 aliphatic carbocycles. The first kappa shape index (κ1) is 17.1. The van der Waals surface area contributed by atoms with Gasteiger partial charge in [0, 0.05) is 31.4 Å². The van der Waals surface area contributed by atoms with E-state index in [0.717, 1.165) is 24.2 Å². The van der Waals surface area contributed by atoms with E-state index in [1.54, 1.807) is 14.2 Å². The molecule has 0 bridgehead atoms. The number of anilines is 2. The number of benzene rings is 2. The van der Waals surface area contributed by atoms with Crippen molar-refractivity contribution in [3.63, 3.8) is 0 Å². The number of hydrogen-bond donors (Lipinski definition) is 1. The van der Waals surface area contributed by atoms with Crippen LogP contribution in [0.5, 0.6) is 11.5 Å². The smallest absolute Gasteiger partial charge is 0.224 e. The van der Waals surface area contributed by atoms with Gasteiger partial charge in [0.15, 0.2) is 11.5 Å². The molecule has 0 spiro atoms. The minimum absolute atomic E-state index is 0.00962. The highest BCUT2D eigenvalue weighted by molar-refractivity contribution is 5.91. The monoisotopic (exact) mass is 340 g/mol. The lowest BCUT2D eigenvalue weighted by atomic mass is 10.1. The molecule has 25 heavy (non-hydrogen) atoms. The number of carbonyl (C=O) groups is 1. The molecule has 0 atom stereocenters. The summed E-state index contributed by atoms with van der Waals surface area (Å²) >= 11 is 0. The zero-order valence-electron chi connectivity index (χ0n) is 15.0. The number of ether oxygens (including phenoxy) is 2. The number of methoxy groups -OCH3 is 2. The number of aryl methyl sites for hydroxylation is 1. The number of fused-ring (bicyclic) bond motifs is 1. The van der Waals surface area contributed by atoms with Crippen molar-refractivity contribution in [1.29, 1.82) is 0 Å². The fourth-order valence-corrected chi connectivity index (χ4v) is 3.13. The molecule has 1 amide bonds. The number of hydrogen-bond acceptors (Lipinski definition) is 4. The van der Waals surface area contributed by atoms with Crippen LogP contribution in [0.3, 0.4) is 0 Å². The van der Waals surface area contributed by atoms with Gasteiger partial charge in [-0.2, -0.15) is 0 Å². The number of rotatable bonds is 6. The van der Waals surface area contributed by atoms with Gasteiger partial charge in [0.2, 0.25) is 5.91 Å². The van der Waals surface area contributed by atoms with Gasteiger partial charge in [-0.05, 0) is 48.2 Å². The molecule has 0 fully saturated rings. The van der Waals surface area contributed by atoms with Gasteiger partial charge in [0.1, 0.15) is 0 Å². The number of carbonyl (C=O) groups excluding carboxylic acids is 1. The van der Waals surface area contributed by atoms with Gasteiger partial charge in [0.25, 0.3) is 0 Å². The van der Waals surface area contributed by atoms with Crippen molar-refractivity contribution >= 4 is 17.3 Å². The Balaban J connectivity index is 1.59. The summed E-state index contributed by atoms with van der Waals surface area (Å²) in [7, 11) is 5.30. The molecule has 2 aromatic carbocycles. The van der Waals surface area contributed by atoms with E-state index < -0.39 is 0 Å². The Hall–Kier alpha value is -2.69. The van der Waals surface area contributed by atoms with Crippen LogP contribution in [0.4, 0.5) is 11.4 Å². The molecule has 1 aliphatic heterocycles. The first-order chi connectivity index (χ1) is 12.1. The Labute approximate surface area is 148 Å². The van der Waals surface area contributed by atoms with Crippen molar-refractivity contribution in [2.45, 2.75) is 19.3 Å². The molecule has 0 saturated carbocycles. The molecule has 0 radical (unpaired) electrons. The second kappa shape index (κ2) is 7.47. The van der Waals surface area contributed by atoms with E-state index in [4.69, 9.17) is 9.47 Å². The summed E-state index contributed by atoms with van der Waals surface area (Å²) < 4.78 is 10.5. The van der Waals surface area contributed by atoms with Gasteiger partial charge in [-0.3, -0.25) is 4.79 Å². The quantitative estimate of drug-likeness (QED) is 0.877. The predicted octanol–water partition coefficient (Wildman–Crippen LogP) is 3.27. The first-order valence-electron chi connectivity index (χ1n) is 8.45. The maximum absolute atomic E-state index is 12.3. The molecule has 1 aliphatic rings. The molecule has 0 unspecified atom stereocenters. The number of amides is 1. The van der Waals surface area contributed by atoms with Gasteiger partial charge in [-0.25, -0.2) is 0 Å². The Bertz CT molecular complexity index is 774. The van der Waals surface area contributed by atoms with Crippen LogP contribution in [0.2, 0.25) is 0 Å². The lowest BCUT2D eigenvalue weighted by Crippen LogP contribution is -2.14. The van der Waals surface area contributed by atoms with Crippen molar-refractivity contribution < 1.29 is 14.3 Å². The van der Waals surface area contributed by atoms with E-state index >= 15 is 0 Å². The fourth-order valence-electron chi connectivity index (χ4n) is 3.13. The minimum atomic E-state index is 0.00962. The largest absolute Gasteiger partial charge is 0.493 e. The summed E-state index contributed by atoms with van der Waals surface area (Å²) in [6, 6.07) is 11.9. The van der Waals surface area contributed by atoms with E-state index in [0.29, 0.717) is 24.3 Å². The van der Waals surface area contributed by atoms with E-state index in [2.05, 4.69) is 29.4 Å². The first-order valence-corrected chi connectivity index (χ1v) is 8.45. The molecule has 5 nitrogen and oxygen atoms in total. The van der Waals surface area contributed by atoms with Crippen LogP contribution >= 0.6 is 0 Å². The minimum Gasteiger partial charge on any atom is -0.493 e. The Morgan fingerprint density at radius 2 is 1.92 bits per heavy atom. The predicted molar refractivity (Wildman–Crippen MR) is 99.9 cm³/mol. The summed E-state index contributed by atoms with van der Waals surface area (Å²) in [5.41, 5.74) is 4.44. The average molecular weight is 340 g/mol. The topological polar surface area (TPSA) is 50.8 Å². The van der Waals surface area contributed by atoms with Gasteiger partial charge >= 0.3 is 0 Å². The molecule has 132 valence electrons. The molecule has 0 aromatic heterocycles. The van der Waals surface area contributed by atoms with Crippen LogP contribution in [0.1, 0.15) is 17.5 Å². The highest BCUT2D eigenvalue weighted by Gasteiger charge is 2.16. The summed E-state index contributed by atoms with van der Waals surface area (Å²) in [4.78, 5) is 14.5. The van der Waals surface area contributed by atoms with Crippen LogP contribution in [0.25, 0.3) is 0 Å². The van der Waals surface area contributed by atoms with E-state index in [1.807, 2.05) is 24.3 Å². The number of nitrogens with zero attached hydrogens (tertiary/aromatic N) is 1. The molecule has 1 N–H and O–H groups in total. The lowest BCUT2D eigenvalue weighted by Gasteiger charge is -2.14. The van der Waals surface area contributed by atoms with Crippen molar-refractivity contribution in [3.05, 3.63) is 47.5 Å².